The molecule has 0 aliphatic rings. The molecule has 2 heterocycles. The molecule has 1 amide bonds. The summed E-state index contributed by atoms with van der Waals surface area (Å²) in [5, 5.41) is 2.80. The Morgan fingerprint density at radius 1 is 1.25 bits per heavy atom. The summed E-state index contributed by atoms with van der Waals surface area (Å²) < 4.78 is 1.41. The third kappa shape index (κ3) is 2.66. The molecule has 2 aromatic rings. The minimum atomic E-state index is -0.161. The van der Waals surface area contributed by atoms with Gasteiger partial charge in [0.25, 0.3) is 0 Å². The molecule has 2 aromatic heterocycles. The molecule has 0 saturated carbocycles. The molecule has 0 aliphatic carbocycles. The van der Waals surface area contributed by atoms with Gasteiger partial charge in [-0.3, -0.25) is 9.55 Å². The fourth-order valence-electron chi connectivity index (χ4n) is 1.33. The van der Waals surface area contributed by atoms with Crippen LogP contribution in [0.1, 0.15) is 5.56 Å². The molecule has 0 bridgehead atoms. The fraction of sp³-hybridized carbons (Fsp3) is 0.182. The zero-order valence-corrected chi connectivity index (χ0v) is 8.71. The molecule has 82 valence electrons. The van der Waals surface area contributed by atoms with Gasteiger partial charge in [0.1, 0.15) is 6.33 Å². The van der Waals surface area contributed by atoms with E-state index in [0.29, 0.717) is 6.54 Å². The number of carbonyl (C=O) groups is 1. The van der Waals surface area contributed by atoms with Crippen LogP contribution in [-0.2, 0) is 6.42 Å². The zero-order valence-electron chi connectivity index (χ0n) is 8.71. The molecule has 0 aliphatic heterocycles. The molecular formula is C11H12N4O. The maximum Gasteiger partial charge on any atom is 0.326 e. The van der Waals surface area contributed by atoms with Crippen LogP contribution >= 0.6 is 0 Å². The number of hydrogen-bond acceptors (Lipinski definition) is 3. The molecule has 0 spiro atoms. The Morgan fingerprint density at radius 3 is 2.75 bits per heavy atom. The summed E-state index contributed by atoms with van der Waals surface area (Å²) in [5.74, 6) is 0. The predicted molar refractivity (Wildman–Crippen MR) is 59.0 cm³/mol. The standard InChI is InChI=1S/C11H12N4O/c16-11(15-8-7-13-9-15)14-6-3-10-1-4-12-5-2-10/h1-2,4-5,7-9H,3,6H2,(H,14,16). The Labute approximate surface area is 93.2 Å². The smallest absolute Gasteiger partial charge is 0.326 e. The van der Waals surface area contributed by atoms with Crippen molar-refractivity contribution in [2.45, 2.75) is 6.42 Å². The van der Waals surface area contributed by atoms with E-state index in [1.807, 2.05) is 12.1 Å². The van der Waals surface area contributed by atoms with Crippen LogP contribution in [0.4, 0.5) is 4.79 Å². The lowest BCUT2D eigenvalue weighted by Gasteiger charge is -2.04. The molecule has 16 heavy (non-hydrogen) atoms. The molecule has 0 unspecified atom stereocenters. The monoisotopic (exact) mass is 216 g/mol. The molecule has 0 atom stereocenters. The predicted octanol–water partition coefficient (Wildman–Crippen LogP) is 1.08. The van der Waals surface area contributed by atoms with Gasteiger partial charge in [-0.25, -0.2) is 9.78 Å². The zero-order chi connectivity index (χ0) is 11.2. The number of imidazole rings is 1. The molecule has 5 heteroatoms. The van der Waals surface area contributed by atoms with Crippen molar-refractivity contribution in [3.8, 4) is 0 Å². The SMILES string of the molecule is O=C(NCCc1ccncc1)n1ccnc1. The van der Waals surface area contributed by atoms with Crippen LogP contribution in [0.5, 0.6) is 0 Å². The van der Waals surface area contributed by atoms with Crippen molar-refractivity contribution in [2.75, 3.05) is 6.54 Å². The van der Waals surface area contributed by atoms with E-state index in [9.17, 15) is 4.79 Å². The van der Waals surface area contributed by atoms with E-state index in [0.717, 1.165) is 12.0 Å². The van der Waals surface area contributed by atoms with Crippen molar-refractivity contribution < 1.29 is 4.79 Å². The molecule has 0 fully saturated rings. The van der Waals surface area contributed by atoms with E-state index in [-0.39, 0.29) is 6.03 Å². The number of aromatic nitrogens is 3. The summed E-state index contributed by atoms with van der Waals surface area (Å²) in [7, 11) is 0. The molecule has 5 nitrogen and oxygen atoms in total. The summed E-state index contributed by atoms with van der Waals surface area (Å²) in [4.78, 5) is 19.2. The Kier molecular flexibility index (Phi) is 3.28. The number of nitrogens with one attached hydrogen (secondary N) is 1. The van der Waals surface area contributed by atoms with Crippen molar-refractivity contribution in [1.29, 1.82) is 0 Å². The first-order valence-corrected chi connectivity index (χ1v) is 5.01. The van der Waals surface area contributed by atoms with Crippen LogP contribution in [0.15, 0.2) is 43.2 Å². The van der Waals surface area contributed by atoms with Crippen molar-refractivity contribution >= 4 is 6.03 Å². The quantitative estimate of drug-likeness (QED) is 0.835. The highest BCUT2D eigenvalue weighted by Gasteiger charge is 2.01. The Balaban J connectivity index is 1.79. The largest absolute Gasteiger partial charge is 0.337 e. The summed E-state index contributed by atoms with van der Waals surface area (Å²) in [5.41, 5.74) is 1.15. The van der Waals surface area contributed by atoms with E-state index >= 15 is 0 Å². The summed E-state index contributed by atoms with van der Waals surface area (Å²) in [6, 6.07) is 3.71. The van der Waals surface area contributed by atoms with Crippen molar-refractivity contribution in [2.24, 2.45) is 0 Å². The molecular weight excluding hydrogens is 204 g/mol. The number of nitrogens with zero attached hydrogens (tertiary/aromatic N) is 3. The van der Waals surface area contributed by atoms with Crippen molar-refractivity contribution in [1.82, 2.24) is 19.9 Å². The van der Waals surface area contributed by atoms with Gasteiger partial charge < -0.3 is 5.32 Å². The second-order valence-electron chi connectivity index (χ2n) is 3.31. The minimum Gasteiger partial charge on any atom is -0.337 e. The molecule has 0 aromatic carbocycles. The average molecular weight is 216 g/mol. The topological polar surface area (TPSA) is 59.8 Å². The first kappa shape index (κ1) is 10.4. The third-order valence-corrected chi connectivity index (χ3v) is 2.18. The molecule has 1 N–H and O–H groups in total. The van der Waals surface area contributed by atoms with Gasteiger partial charge in [-0.2, -0.15) is 0 Å². The van der Waals surface area contributed by atoms with E-state index in [1.165, 1.54) is 10.9 Å². The van der Waals surface area contributed by atoms with E-state index in [4.69, 9.17) is 0 Å². The van der Waals surface area contributed by atoms with Gasteiger partial charge in [-0.1, -0.05) is 0 Å². The first-order valence-electron chi connectivity index (χ1n) is 5.01. The highest BCUT2D eigenvalue weighted by molar-refractivity contribution is 5.76. The van der Waals surface area contributed by atoms with Crippen molar-refractivity contribution in [3.63, 3.8) is 0 Å². The van der Waals surface area contributed by atoms with Crippen LogP contribution in [0.3, 0.4) is 0 Å². The van der Waals surface area contributed by atoms with Gasteiger partial charge in [-0.05, 0) is 24.1 Å². The summed E-state index contributed by atoms with van der Waals surface area (Å²) in [6.07, 6.45) is 8.94. The van der Waals surface area contributed by atoms with E-state index in [2.05, 4.69) is 15.3 Å². The van der Waals surface area contributed by atoms with Crippen LogP contribution in [0.25, 0.3) is 0 Å². The second-order valence-corrected chi connectivity index (χ2v) is 3.31. The molecule has 0 saturated heterocycles. The van der Waals surface area contributed by atoms with Crippen LogP contribution in [0, 0.1) is 0 Å². The Bertz CT molecular complexity index is 438. The summed E-state index contributed by atoms with van der Waals surface area (Å²) >= 11 is 0. The van der Waals surface area contributed by atoms with Gasteiger partial charge in [-0.15, -0.1) is 0 Å². The first-order chi connectivity index (χ1) is 7.86. The highest BCUT2D eigenvalue weighted by atomic mass is 16.2. The molecule has 0 radical (unpaired) electrons. The average Bonchev–Trinajstić information content (AvgIpc) is 2.84. The van der Waals surface area contributed by atoms with Crippen LogP contribution in [-0.4, -0.2) is 27.1 Å². The lowest BCUT2D eigenvalue weighted by atomic mass is 10.2. The highest BCUT2D eigenvalue weighted by Crippen LogP contribution is 1.96. The number of rotatable bonds is 3. The van der Waals surface area contributed by atoms with Gasteiger partial charge in [0.2, 0.25) is 0 Å². The minimum absolute atomic E-state index is 0.161. The van der Waals surface area contributed by atoms with Gasteiger partial charge >= 0.3 is 6.03 Å². The Morgan fingerprint density at radius 2 is 2.06 bits per heavy atom. The van der Waals surface area contributed by atoms with Gasteiger partial charge in [0.15, 0.2) is 0 Å². The van der Waals surface area contributed by atoms with Gasteiger partial charge in [0, 0.05) is 31.3 Å². The summed E-state index contributed by atoms with van der Waals surface area (Å²) in [6.45, 7) is 0.598. The van der Waals surface area contributed by atoms with E-state index in [1.54, 1.807) is 24.8 Å². The number of hydrogen-bond donors (Lipinski definition) is 1. The fourth-order valence-corrected chi connectivity index (χ4v) is 1.33. The Hall–Kier alpha value is -2.17. The van der Waals surface area contributed by atoms with Crippen LogP contribution < -0.4 is 5.32 Å². The lowest BCUT2D eigenvalue weighted by Crippen LogP contribution is -2.29. The number of carbonyl (C=O) groups excluding carboxylic acids is 1. The maximum atomic E-state index is 11.5. The normalized spacial score (nSPS) is 10.0. The number of pyridine rings is 1. The third-order valence-electron chi connectivity index (χ3n) is 2.18. The van der Waals surface area contributed by atoms with Gasteiger partial charge in [0.05, 0.1) is 0 Å². The lowest BCUT2D eigenvalue weighted by molar-refractivity contribution is 0.242. The second kappa shape index (κ2) is 5.06. The van der Waals surface area contributed by atoms with Crippen molar-refractivity contribution in [3.05, 3.63) is 48.8 Å². The van der Waals surface area contributed by atoms with E-state index < -0.39 is 0 Å². The number of amides is 1. The van der Waals surface area contributed by atoms with Crippen LogP contribution in [0.2, 0.25) is 0 Å². The molecule has 2 rings (SSSR count). The maximum absolute atomic E-state index is 11.5.